The fourth-order valence-electron chi connectivity index (χ4n) is 2.47. The Morgan fingerprint density at radius 3 is 2.56 bits per heavy atom. The summed E-state index contributed by atoms with van der Waals surface area (Å²) in [4.78, 5) is 36.0. The van der Waals surface area contributed by atoms with Crippen molar-refractivity contribution in [1.82, 2.24) is 9.78 Å². The number of anilines is 1. The van der Waals surface area contributed by atoms with Crippen molar-refractivity contribution in [3.8, 4) is 0 Å². The number of benzene rings is 1. The molecule has 2 rings (SSSR count). The molecule has 0 bridgehead atoms. The molecule has 1 aromatic heterocycles. The minimum Gasteiger partial charge on any atom is -0.450 e. The third kappa shape index (κ3) is 4.32. The van der Waals surface area contributed by atoms with E-state index in [2.05, 4.69) is 10.4 Å². The first kappa shape index (κ1) is 18.4. The average molecular weight is 343 g/mol. The Morgan fingerprint density at radius 2 is 1.96 bits per heavy atom. The van der Waals surface area contributed by atoms with Crippen molar-refractivity contribution in [2.24, 2.45) is 7.05 Å². The summed E-state index contributed by atoms with van der Waals surface area (Å²) in [7, 11) is 1.68. The summed E-state index contributed by atoms with van der Waals surface area (Å²) < 4.78 is 6.35. The molecular formula is C18H21N3O4. The lowest BCUT2D eigenvalue weighted by Gasteiger charge is -2.07. The number of rotatable bonds is 6. The molecule has 1 heterocycles. The van der Waals surface area contributed by atoms with Gasteiger partial charge in [0.1, 0.15) is 0 Å². The molecule has 0 spiro atoms. The van der Waals surface area contributed by atoms with E-state index in [9.17, 15) is 14.4 Å². The third-order valence-electron chi connectivity index (χ3n) is 3.87. The quantitative estimate of drug-likeness (QED) is 0.492. The van der Waals surface area contributed by atoms with Gasteiger partial charge in [-0.25, -0.2) is 4.79 Å². The second kappa shape index (κ2) is 7.74. The Bertz CT molecular complexity index is 824. The number of ether oxygens (including phenoxy) is 1. The van der Waals surface area contributed by atoms with Gasteiger partial charge >= 0.3 is 5.97 Å². The van der Waals surface area contributed by atoms with Crippen LogP contribution in [0.1, 0.15) is 34.2 Å². The van der Waals surface area contributed by atoms with Gasteiger partial charge in [0.2, 0.25) is 0 Å². The molecule has 0 aliphatic rings. The van der Waals surface area contributed by atoms with Crippen LogP contribution in [0.5, 0.6) is 0 Å². The van der Waals surface area contributed by atoms with E-state index >= 15 is 0 Å². The fraction of sp³-hybridized carbons (Fsp3) is 0.333. The summed E-state index contributed by atoms with van der Waals surface area (Å²) in [5.41, 5.74) is 2.92. The Kier molecular flexibility index (Phi) is 5.69. The summed E-state index contributed by atoms with van der Waals surface area (Å²) in [5, 5.41) is 6.72. The van der Waals surface area contributed by atoms with E-state index in [1.165, 1.54) is 4.68 Å². The molecule has 25 heavy (non-hydrogen) atoms. The largest absolute Gasteiger partial charge is 0.450 e. The topological polar surface area (TPSA) is 90.3 Å². The minimum absolute atomic E-state index is 0.212. The number of hydrogen-bond donors (Lipinski definition) is 1. The number of carbonyl (C=O) groups excluding carboxylic acids is 3. The van der Waals surface area contributed by atoms with Gasteiger partial charge < -0.3 is 10.1 Å². The molecule has 0 saturated carbocycles. The molecule has 2 aromatic rings. The highest BCUT2D eigenvalue weighted by atomic mass is 16.5. The number of aromatic nitrogens is 2. The van der Waals surface area contributed by atoms with Gasteiger partial charge in [0.15, 0.2) is 6.61 Å². The van der Waals surface area contributed by atoms with Crippen molar-refractivity contribution in [3.05, 3.63) is 46.8 Å². The Morgan fingerprint density at radius 1 is 1.24 bits per heavy atom. The molecule has 7 heteroatoms. The van der Waals surface area contributed by atoms with Gasteiger partial charge in [0, 0.05) is 18.4 Å². The molecular weight excluding hydrogens is 322 g/mol. The van der Waals surface area contributed by atoms with E-state index in [0.29, 0.717) is 17.1 Å². The van der Waals surface area contributed by atoms with E-state index in [-0.39, 0.29) is 5.56 Å². The SMILES string of the molecule is CCc1cccc(NC(=O)COC(=O)C(=O)c2c(C)nn(C)c2C)c1. The maximum Gasteiger partial charge on any atom is 0.380 e. The van der Waals surface area contributed by atoms with Gasteiger partial charge in [-0.1, -0.05) is 19.1 Å². The summed E-state index contributed by atoms with van der Waals surface area (Å²) in [6.45, 7) is 4.81. The van der Waals surface area contributed by atoms with Crippen LogP contribution in [-0.4, -0.2) is 34.0 Å². The molecule has 1 amide bonds. The third-order valence-corrected chi connectivity index (χ3v) is 3.87. The number of esters is 1. The standard InChI is InChI=1S/C18H21N3O4/c1-5-13-7-6-8-14(9-13)19-15(22)10-25-18(24)17(23)16-11(2)20-21(4)12(16)3/h6-9H,5,10H2,1-4H3,(H,19,22). The van der Waals surface area contributed by atoms with Gasteiger partial charge in [-0.2, -0.15) is 5.10 Å². The maximum absolute atomic E-state index is 12.2. The molecule has 0 fully saturated rings. The second-order valence-corrected chi connectivity index (χ2v) is 5.68. The van der Waals surface area contributed by atoms with Crippen molar-refractivity contribution < 1.29 is 19.1 Å². The van der Waals surface area contributed by atoms with Crippen LogP contribution in [0.2, 0.25) is 0 Å². The molecule has 0 aliphatic heterocycles. The van der Waals surface area contributed by atoms with Crippen LogP contribution in [0.4, 0.5) is 5.69 Å². The average Bonchev–Trinajstić information content (AvgIpc) is 2.84. The summed E-state index contributed by atoms with van der Waals surface area (Å²) in [5.74, 6) is -2.38. The Labute approximate surface area is 146 Å². The second-order valence-electron chi connectivity index (χ2n) is 5.68. The van der Waals surface area contributed by atoms with Crippen molar-refractivity contribution in [3.63, 3.8) is 0 Å². The Hall–Kier alpha value is -2.96. The highest BCUT2D eigenvalue weighted by molar-refractivity contribution is 6.41. The van der Waals surface area contributed by atoms with Crippen molar-refractivity contribution in [2.45, 2.75) is 27.2 Å². The predicted octanol–water partition coefficient (Wildman–Crippen LogP) is 1.96. The number of ketones is 1. The molecule has 0 radical (unpaired) electrons. The van der Waals surface area contributed by atoms with E-state index < -0.39 is 24.3 Å². The van der Waals surface area contributed by atoms with E-state index in [1.807, 2.05) is 25.1 Å². The van der Waals surface area contributed by atoms with Crippen LogP contribution in [0.3, 0.4) is 0 Å². The van der Waals surface area contributed by atoms with Crippen LogP contribution in [0.25, 0.3) is 0 Å². The van der Waals surface area contributed by atoms with Crippen LogP contribution in [-0.2, 0) is 27.8 Å². The van der Waals surface area contributed by atoms with E-state index in [4.69, 9.17) is 4.74 Å². The highest BCUT2D eigenvalue weighted by Crippen LogP contribution is 2.14. The number of hydrogen-bond acceptors (Lipinski definition) is 5. The van der Waals surface area contributed by atoms with Crippen molar-refractivity contribution in [1.29, 1.82) is 0 Å². The molecule has 0 saturated heterocycles. The molecule has 7 nitrogen and oxygen atoms in total. The number of aryl methyl sites for hydroxylation is 3. The summed E-state index contributed by atoms with van der Waals surface area (Å²) in [6.07, 6.45) is 0.844. The molecule has 1 N–H and O–H groups in total. The van der Waals surface area contributed by atoms with Gasteiger partial charge in [0.25, 0.3) is 11.7 Å². The molecule has 132 valence electrons. The van der Waals surface area contributed by atoms with E-state index in [0.717, 1.165) is 12.0 Å². The van der Waals surface area contributed by atoms with Crippen molar-refractivity contribution >= 4 is 23.3 Å². The monoisotopic (exact) mass is 343 g/mol. The summed E-state index contributed by atoms with van der Waals surface area (Å²) in [6, 6.07) is 7.37. The molecule has 0 aliphatic carbocycles. The molecule has 0 atom stereocenters. The first-order chi connectivity index (χ1) is 11.8. The lowest BCUT2D eigenvalue weighted by Crippen LogP contribution is -2.25. The number of carbonyl (C=O) groups is 3. The van der Waals surface area contributed by atoms with Crippen molar-refractivity contribution in [2.75, 3.05) is 11.9 Å². The number of amides is 1. The maximum atomic E-state index is 12.2. The first-order valence-electron chi connectivity index (χ1n) is 7.94. The zero-order chi connectivity index (χ0) is 18.6. The van der Waals surface area contributed by atoms with Crippen LogP contribution < -0.4 is 5.32 Å². The predicted molar refractivity (Wildman–Crippen MR) is 92.4 cm³/mol. The zero-order valence-corrected chi connectivity index (χ0v) is 14.8. The molecule has 0 unspecified atom stereocenters. The Balaban J connectivity index is 1.94. The minimum atomic E-state index is -1.07. The number of Topliss-reactive ketones (excluding diaryl/α,β-unsaturated/α-hetero) is 1. The zero-order valence-electron chi connectivity index (χ0n) is 14.8. The normalized spacial score (nSPS) is 10.4. The number of nitrogens with one attached hydrogen (secondary N) is 1. The summed E-state index contributed by atoms with van der Waals surface area (Å²) >= 11 is 0. The first-order valence-corrected chi connectivity index (χ1v) is 7.94. The van der Waals surface area contributed by atoms with Crippen LogP contribution in [0, 0.1) is 13.8 Å². The van der Waals surface area contributed by atoms with Gasteiger partial charge in [-0.3, -0.25) is 14.3 Å². The molecule has 1 aromatic carbocycles. The fourth-order valence-corrected chi connectivity index (χ4v) is 2.47. The van der Waals surface area contributed by atoms with E-state index in [1.54, 1.807) is 27.0 Å². The van der Waals surface area contributed by atoms with Gasteiger partial charge in [-0.05, 0) is 38.0 Å². The highest BCUT2D eigenvalue weighted by Gasteiger charge is 2.25. The number of nitrogens with zero attached hydrogens (tertiary/aromatic N) is 2. The van der Waals surface area contributed by atoms with Crippen LogP contribution in [0.15, 0.2) is 24.3 Å². The van der Waals surface area contributed by atoms with Gasteiger partial charge in [-0.15, -0.1) is 0 Å². The lowest BCUT2D eigenvalue weighted by molar-refractivity contribution is -0.142. The van der Waals surface area contributed by atoms with Crippen LogP contribution >= 0.6 is 0 Å². The van der Waals surface area contributed by atoms with Gasteiger partial charge in [0.05, 0.1) is 11.3 Å². The lowest BCUT2D eigenvalue weighted by atomic mass is 10.1. The smallest absolute Gasteiger partial charge is 0.380 e.